The van der Waals surface area contributed by atoms with Gasteiger partial charge in [0.1, 0.15) is 5.69 Å². The van der Waals surface area contributed by atoms with Gasteiger partial charge in [-0.05, 0) is 56.2 Å². The summed E-state index contributed by atoms with van der Waals surface area (Å²) in [7, 11) is 0. The number of aromatic nitrogens is 1. The van der Waals surface area contributed by atoms with Crippen molar-refractivity contribution < 1.29 is 18.0 Å². The Labute approximate surface area is 160 Å². The molecule has 0 spiro atoms. The molecule has 2 aromatic rings. The van der Waals surface area contributed by atoms with Crippen molar-refractivity contribution in [3.05, 3.63) is 58.9 Å². The maximum Gasteiger partial charge on any atom is 0.433 e. The van der Waals surface area contributed by atoms with Crippen molar-refractivity contribution in [2.75, 3.05) is 11.4 Å². The number of nitrogens with zero attached hydrogens (tertiary/aromatic N) is 2. The van der Waals surface area contributed by atoms with Crippen LogP contribution in [0.5, 0.6) is 0 Å². The van der Waals surface area contributed by atoms with Crippen LogP contribution in [0.1, 0.15) is 31.5 Å². The van der Waals surface area contributed by atoms with Crippen LogP contribution in [-0.2, 0) is 16.5 Å². The maximum absolute atomic E-state index is 12.8. The Morgan fingerprint density at radius 2 is 1.81 bits per heavy atom. The quantitative estimate of drug-likeness (QED) is 0.832. The molecule has 2 heterocycles. The van der Waals surface area contributed by atoms with Crippen LogP contribution in [0.3, 0.4) is 0 Å². The lowest BCUT2D eigenvalue weighted by atomic mass is 9.94. The van der Waals surface area contributed by atoms with E-state index in [0.29, 0.717) is 23.6 Å². The lowest BCUT2D eigenvalue weighted by molar-refractivity contribution is -0.141. The van der Waals surface area contributed by atoms with Gasteiger partial charge >= 0.3 is 6.18 Å². The summed E-state index contributed by atoms with van der Waals surface area (Å²) in [4.78, 5) is 17.9. The molecule has 144 valence electrons. The summed E-state index contributed by atoms with van der Waals surface area (Å²) in [6, 6.07) is 8.93. The standard InChI is InChI=1S/C19H19ClF3N3O/c1-18(2,12-3-8-16(24-11-12)19(21,22)23)25-15-9-10-26(17(15)27)14-6-4-13(20)5-7-14/h3-8,11,15,25H,9-10H2,1-2H3/t15-/m1/s1. The first kappa shape index (κ1) is 19.6. The first-order valence-electron chi connectivity index (χ1n) is 8.46. The van der Waals surface area contributed by atoms with Gasteiger partial charge in [0.15, 0.2) is 0 Å². The zero-order valence-corrected chi connectivity index (χ0v) is 15.6. The monoisotopic (exact) mass is 397 g/mol. The second-order valence-electron chi connectivity index (χ2n) is 7.01. The molecule has 1 aliphatic rings. The lowest BCUT2D eigenvalue weighted by Crippen LogP contribution is -2.47. The largest absolute Gasteiger partial charge is 0.433 e. The third-order valence-electron chi connectivity index (χ3n) is 4.65. The minimum Gasteiger partial charge on any atom is -0.311 e. The molecule has 1 N–H and O–H groups in total. The topological polar surface area (TPSA) is 45.2 Å². The zero-order chi connectivity index (χ0) is 19.8. The van der Waals surface area contributed by atoms with Gasteiger partial charge in [0.25, 0.3) is 0 Å². The molecule has 1 aromatic carbocycles. The van der Waals surface area contributed by atoms with Crippen molar-refractivity contribution in [3.8, 4) is 0 Å². The number of hydrogen-bond acceptors (Lipinski definition) is 3. The fourth-order valence-electron chi connectivity index (χ4n) is 3.14. The summed E-state index contributed by atoms with van der Waals surface area (Å²) in [5.74, 6) is -0.0785. The van der Waals surface area contributed by atoms with Gasteiger partial charge in [-0.2, -0.15) is 13.2 Å². The molecule has 0 aliphatic carbocycles. The molecule has 0 saturated carbocycles. The number of rotatable bonds is 4. The van der Waals surface area contributed by atoms with Crippen LogP contribution in [-0.4, -0.2) is 23.5 Å². The van der Waals surface area contributed by atoms with E-state index in [2.05, 4.69) is 10.3 Å². The van der Waals surface area contributed by atoms with Crippen molar-refractivity contribution in [1.82, 2.24) is 10.3 Å². The molecule has 1 fully saturated rings. The van der Waals surface area contributed by atoms with Crippen LogP contribution < -0.4 is 10.2 Å². The second kappa shape index (κ2) is 7.13. The first-order chi connectivity index (χ1) is 12.6. The second-order valence-corrected chi connectivity index (χ2v) is 7.44. The molecule has 3 rings (SSSR count). The van der Waals surface area contributed by atoms with Gasteiger partial charge in [-0.1, -0.05) is 17.7 Å². The molecule has 4 nitrogen and oxygen atoms in total. The third-order valence-corrected chi connectivity index (χ3v) is 4.91. The Morgan fingerprint density at radius 3 is 2.37 bits per heavy atom. The zero-order valence-electron chi connectivity index (χ0n) is 14.8. The number of hydrogen-bond donors (Lipinski definition) is 1. The van der Waals surface area contributed by atoms with Crippen molar-refractivity contribution in [1.29, 1.82) is 0 Å². The smallest absolute Gasteiger partial charge is 0.311 e. The van der Waals surface area contributed by atoms with E-state index in [0.717, 1.165) is 11.8 Å². The average Bonchev–Trinajstić information content (AvgIpc) is 2.95. The molecule has 8 heteroatoms. The number of amides is 1. The van der Waals surface area contributed by atoms with Crippen LogP contribution in [0, 0.1) is 0 Å². The SMILES string of the molecule is CC(C)(N[C@@H]1CCN(c2ccc(Cl)cc2)C1=O)c1ccc(C(F)(F)F)nc1. The normalized spacial score (nSPS) is 18.2. The average molecular weight is 398 g/mol. The van der Waals surface area contributed by atoms with Crippen LogP contribution in [0.25, 0.3) is 0 Å². The predicted molar refractivity (Wildman–Crippen MR) is 97.6 cm³/mol. The van der Waals surface area contributed by atoms with Crippen molar-refractivity contribution in [2.24, 2.45) is 0 Å². The number of carbonyl (C=O) groups excluding carboxylic acids is 1. The van der Waals surface area contributed by atoms with Gasteiger partial charge in [0.2, 0.25) is 5.91 Å². The minimum atomic E-state index is -4.48. The Bertz CT molecular complexity index is 820. The summed E-state index contributed by atoms with van der Waals surface area (Å²) in [5, 5.41) is 3.85. The number of alkyl halides is 3. The van der Waals surface area contributed by atoms with Gasteiger partial charge in [0.05, 0.1) is 6.04 Å². The van der Waals surface area contributed by atoms with E-state index in [4.69, 9.17) is 11.6 Å². The Hall–Kier alpha value is -2.12. The van der Waals surface area contributed by atoms with Crippen LogP contribution >= 0.6 is 11.6 Å². The summed E-state index contributed by atoms with van der Waals surface area (Å²) in [5.41, 5.74) is -0.308. The lowest BCUT2D eigenvalue weighted by Gasteiger charge is -2.30. The Balaban J connectivity index is 1.72. The number of halogens is 4. The first-order valence-corrected chi connectivity index (χ1v) is 8.84. The van der Waals surface area contributed by atoms with Crippen LogP contribution in [0.2, 0.25) is 5.02 Å². The van der Waals surface area contributed by atoms with E-state index in [-0.39, 0.29) is 5.91 Å². The number of nitrogens with one attached hydrogen (secondary N) is 1. The van der Waals surface area contributed by atoms with E-state index < -0.39 is 23.5 Å². The van der Waals surface area contributed by atoms with Crippen molar-refractivity contribution in [2.45, 2.75) is 38.0 Å². The highest BCUT2D eigenvalue weighted by atomic mass is 35.5. The highest BCUT2D eigenvalue weighted by Gasteiger charge is 2.37. The molecule has 1 saturated heterocycles. The van der Waals surface area contributed by atoms with Crippen LogP contribution in [0.15, 0.2) is 42.6 Å². The van der Waals surface area contributed by atoms with E-state index in [1.54, 1.807) is 29.2 Å². The third kappa shape index (κ3) is 4.25. The van der Waals surface area contributed by atoms with Crippen molar-refractivity contribution in [3.63, 3.8) is 0 Å². The number of anilines is 1. The van der Waals surface area contributed by atoms with Gasteiger partial charge in [-0.25, -0.2) is 0 Å². The number of benzene rings is 1. The van der Waals surface area contributed by atoms with Crippen LogP contribution in [0.4, 0.5) is 18.9 Å². The molecule has 1 aliphatic heterocycles. The highest BCUT2D eigenvalue weighted by Crippen LogP contribution is 2.30. The summed E-state index contributed by atoms with van der Waals surface area (Å²) >= 11 is 5.89. The van der Waals surface area contributed by atoms with E-state index in [9.17, 15) is 18.0 Å². The summed E-state index contributed by atoms with van der Waals surface area (Å²) in [6.45, 7) is 4.19. The highest BCUT2D eigenvalue weighted by molar-refractivity contribution is 6.30. The van der Waals surface area contributed by atoms with Gasteiger partial charge in [-0.3, -0.25) is 15.1 Å². The molecule has 1 aromatic heterocycles. The molecular weight excluding hydrogens is 379 g/mol. The summed E-state index contributed by atoms with van der Waals surface area (Å²) < 4.78 is 38.1. The maximum atomic E-state index is 12.8. The molecule has 0 unspecified atom stereocenters. The minimum absolute atomic E-state index is 0.0785. The molecular formula is C19H19ClF3N3O. The Kier molecular flexibility index (Phi) is 5.18. The molecule has 1 atom stereocenters. The fraction of sp³-hybridized carbons (Fsp3) is 0.368. The molecule has 0 bridgehead atoms. The number of carbonyl (C=O) groups is 1. The molecule has 1 amide bonds. The molecule has 0 radical (unpaired) electrons. The predicted octanol–water partition coefficient (Wildman–Crippen LogP) is 4.38. The van der Waals surface area contributed by atoms with Gasteiger partial charge in [-0.15, -0.1) is 0 Å². The molecule has 27 heavy (non-hydrogen) atoms. The summed E-state index contributed by atoms with van der Waals surface area (Å²) in [6.07, 6.45) is -2.68. The number of pyridine rings is 1. The van der Waals surface area contributed by atoms with Gasteiger partial charge < -0.3 is 4.90 Å². The van der Waals surface area contributed by atoms with E-state index in [1.807, 2.05) is 13.8 Å². The van der Waals surface area contributed by atoms with E-state index in [1.165, 1.54) is 12.3 Å². The van der Waals surface area contributed by atoms with E-state index >= 15 is 0 Å². The Morgan fingerprint density at radius 1 is 1.15 bits per heavy atom. The van der Waals surface area contributed by atoms with Crippen molar-refractivity contribution >= 4 is 23.2 Å². The fourth-order valence-corrected chi connectivity index (χ4v) is 3.27. The van der Waals surface area contributed by atoms with Gasteiger partial charge in [0, 0.05) is 29.0 Å².